The van der Waals surface area contributed by atoms with E-state index in [-0.39, 0.29) is 5.97 Å². The highest BCUT2D eigenvalue weighted by molar-refractivity contribution is 6.62. The Balaban J connectivity index is 1.55. The first kappa shape index (κ1) is 15.9. The summed E-state index contributed by atoms with van der Waals surface area (Å²) in [7, 11) is 0. The Hall–Kier alpha value is -0.465. The van der Waals surface area contributed by atoms with Gasteiger partial charge in [0.05, 0.1) is 6.61 Å². The highest BCUT2D eigenvalue weighted by Gasteiger charge is 2.37. The summed E-state index contributed by atoms with van der Waals surface area (Å²) >= 11 is 0. The van der Waals surface area contributed by atoms with Gasteiger partial charge < -0.3 is 4.74 Å². The van der Waals surface area contributed by atoms with Crippen molar-refractivity contribution in [3.8, 4) is 0 Å². The van der Waals surface area contributed by atoms with Gasteiger partial charge in [-0.25, -0.2) is 0 Å². The number of carbonyl (C=O) groups is 1. The van der Waals surface area contributed by atoms with Crippen molar-refractivity contribution in [1.82, 2.24) is 0 Å². The molecule has 0 amide bonds. The Morgan fingerprint density at radius 1 is 1.05 bits per heavy atom. The molecule has 0 spiro atoms. The molecule has 0 atom stereocenters. The average Bonchev–Trinajstić information content (AvgIpc) is 2.44. The first-order chi connectivity index (χ1) is 9.81. The summed E-state index contributed by atoms with van der Waals surface area (Å²) < 4.78 is 5.11. The second-order valence-electron chi connectivity index (χ2n) is 6.87. The second-order valence-corrected chi connectivity index (χ2v) is 6.87. The zero-order valence-electron chi connectivity index (χ0n) is 13.2. The third kappa shape index (κ3) is 4.82. The van der Waals surface area contributed by atoms with E-state index in [2.05, 4.69) is 0 Å². The second kappa shape index (κ2) is 8.74. The van der Waals surface area contributed by atoms with Gasteiger partial charge in [-0.15, -0.1) is 0 Å². The molecule has 2 aliphatic heterocycles. The average molecular weight is 278 g/mol. The molecule has 2 heterocycles. The van der Waals surface area contributed by atoms with Crippen LogP contribution in [-0.2, 0) is 9.53 Å². The van der Waals surface area contributed by atoms with Crippen LogP contribution < -0.4 is 0 Å². The van der Waals surface area contributed by atoms with Gasteiger partial charge in [-0.2, -0.15) is 0 Å². The molecule has 2 aliphatic rings. The third-order valence-corrected chi connectivity index (χ3v) is 5.40. The first-order valence-corrected chi connectivity index (χ1v) is 8.97. The Labute approximate surface area is 125 Å². The molecule has 2 nitrogen and oxygen atoms in total. The molecule has 2 rings (SSSR count). The molecule has 3 heteroatoms. The van der Waals surface area contributed by atoms with Gasteiger partial charge in [-0.3, -0.25) is 4.79 Å². The summed E-state index contributed by atoms with van der Waals surface area (Å²) in [6, 6.07) is 0. The number of hydrogen-bond acceptors (Lipinski definition) is 2. The fraction of sp³-hybridized carbons (Fsp3) is 0.941. The molecule has 0 saturated carbocycles. The van der Waals surface area contributed by atoms with Gasteiger partial charge in [-0.05, 0) is 12.8 Å². The first-order valence-electron chi connectivity index (χ1n) is 8.97. The molecule has 114 valence electrons. The van der Waals surface area contributed by atoms with Crippen molar-refractivity contribution in [2.45, 2.75) is 95.5 Å². The molecule has 0 radical (unpaired) electrons. The van der Waals surface area contributed by atoms with Gasteiger partial charge in [0.1, 0.15) is 6.71 Å². The maximum absolute atomic E-state index is 11.4. The lowest BCUT2D eigenvalue weighted by atomic mass is 9.26. The van der Waals surface area contributed by atoms with E-state index in [9.17, 15) is 4.79 Å². The van der Waals surface area contributed by atoms with Gasteiger partial charge in [0.15, 0.2) is 0 Å². The Morgan fingerprint density at radius 2 is 1.70 bits per heavy atom. The molecule has 2 fully saturated rings. The quantitative estimate of drug-likeness (QED) is 0.350. The zero-order chi connectivity index (χ0) is 14.2. The summed E-state index contributed by atoms with van der Waals surface area (Å²) in [6.45, 7) is 3.64. The molecule has 0 aromatic carbocycles. The van der Waals surface area contributed by atoms with Crippen molar-refractivity contribution in [2.75, 3.05) is 6.61 Å². The molecule has 0 N–H and O–H groups in total. The van der Waals surface area contributed by atoms with E-state index in [0.29, 0.717) is 13.0 Å². The van der Waals surface area contributed by atoms with Gasteiger partial charge in [0, 0.05) is 6.42 Å². The minimum absolute atomic E-state index is 0.00128. The van der Waals surface area contributed by atoms with Crippen molar-refractivity contribution in [1.29, 1.82) is 0 Å². The van der Waals surface area contributed by atoms with Crippen LogP contribution in [0.4, 0.5) is 0 Å². The highest BCUT2D eigenvalue weighted by Crippen LogP contribution is 2.48. The van der Waals surface area contributed by atoms with Crippen LogP contribution in [-0.4, -0.2) is 19.3 Å². The Morgan fingerprint density at radius 3 is 2.30 bits per heavy atom. The predicted molar refractivity (Wildman–Crippen MR) is 85.5 cm³/mol. The molecule has 0 unspecified atom stereocenters. The monoisotopic (exact) mass is 278 g/mol. The summed E-state index contributed by atoms with van der Waals surface area (Å²) in [5.74, 6) is 2.08. The van der Waals surface area contributed by atoms with Gasteiger partial charge in [0.2, 0.25) is 0 Å². The number of fused-ring (bicyclic) bond motifs is 2. The predicted octanol–water partition coefficient (Wildman–Crippen LogP) is 5.10. The molecule has 0 aromatic rings. The summed E-state index contributed by atoms with van der Waals surface area (Å²) in [5.41, 5.74) is 0. The maximum atomic E-state index is 11.4. The number of esters is 1. The van der Waals surface area contributed by atoms with Crippen LogP contribution in [0, 0.1) is 0 Å². The summed E-state index contributed by atoms with van der Waals surface area (Å²) in [5, 5.41) is 0. The van der Waals surface area contributed by atoms with Crippen LogP contribution in [0.5, 0.6) is 0 Å². The summed E-state index contributed by atoms with van der Waals surface area (Å²) in [6.07, 6.45) is 15.4. The molecule has 0 aromatic heterocycles. The van der Waals surface area contributed by atoms with Crippen LogP contribution in [0.2, 0.25) is 18.0 Å². The number of hydrogen-bond donors (Lipinski definition) is 0. The van der Waals surface area contributed by atoms with Crippen molar-refractivity contribution in [2.24, 2.45) is 0 Å². The van der Waals surface area contributed by atoms with Crippen molar-refractivity contribution < 1.29 is 9.53 Å². The highest BCUT2D eigenvalue weighted by atomic mass is 16.5. The molecule has 2 saturated heterocycles. The molecule has 0 aliphatic carbocycles. The lowest BCUT2D eigenvalue weighted by molar-refractivity contribution is -0.143. The Kier molecular flexibility index (Phi) is 6.96. The number of carbonyl (C=O) groups excluding carboxylic acids is 1. The molecular formula is C17H31BO2. The van der Waals surface area contributed by atoms with Crippen molar-refractivity contribution >= 4 is 12.7 Å². The zero-order valence-corrected chi connectivity index (χ0v) is 13.2. The molecule has 2 bridgehead atoms. The summed E-state index contributed by atoms with van der Waals surface area (Å²) in [4.78, 5) is 11.4. The van der Waals surface area contributed by atoms with Crippen molar-refractivity contribution in [3.05, 3.63) is 0 Å². The molecule has 20 heavy (non-hydrogen) atoms. The van der Waals surface area contributed by atoms with Gasteiger partial charge in [-0.1, -0.05) is 76.2 Å². The minimum atomic E-state index is 0.00128. The van der Waals surface area contributed by atoms with Crippen LogP contribution >= 0.6 is 0 Å². The van der Waals surface area contributed by atoms with Crippen LogP contribution in [0.3, 0.4) is 0 Å². The molecular weight excluding hydrogens is 247 g/mol. The fourth-order valence-electron chi connectivity index (χ4n) is 4.40. The van der Waals surface area contributed by atoms with E-state index >= 15 is 0 Å². The van der Waals surface area contributed by atoms with E-state index in [1.807, 2.05) is 6.92 Å². The largest absolute Gasteiger partial charge is 0.466 e. The number of unbranched alkanes of at least 4 members (excludes halogenated alkanes) is 2. The van der Waals surface area contributed by atoms with Gasteiger partial charge >= 0.3 is 5.97 Å². The van der Waals surface area contributed by atoms with E-state index < -0.39 is 0 Å². The standard InChI is InChI=1S/C17H31BO2/c1-2-14-20-17(19)12-4-3-5-13-18-15-8-6-9-16(18)11-7-10-15/h15-16H,2-14H2,1H3. The topological polar surface area (TPSA) is 26.3 Å². The van der Waals surface area contributed by atoms with Crippen LogP contribution in [0.15, 0.2) is 0 Å². The smallest absolute Gasteiger partial charge is 0.305 e. The minimum Gasteiger partial charge on any atom is -0.466 e. The van der Waals surface area contributed by atoms with E-state index in [1.54, 1.807) is 0 Å². The van der Waals surface area contributed by atoms with Gasteiger partial charge in [0.25, 0.3) is 0 Å². The third-order valence-electron chi connectivity index (χ3n) is 5.40. The van der Waals surface area contributed by atoms with Crippen LogP contribution in [0.1, 0.15) is 77.6 Å². The van der Waals surface area contributed by atoms with E-state index in [0.717, 1.165) is 31.2 Å². The van der Waals surface area contributed by atoms with E-state index in [1.165, 1.54) is 57.7 Å². The SMILES string of the molecule is CCCOC(=O)CCCCCB1C2CCCC1CCC2. The lowest BCUT2D eigenvalue weighted by Crippen LogP contribution is -2.34. The fourth-order valence-corrected chi connectivity index (χ4v) is 4.40. The number of rotatable bonds is 8. The normalized spacial score (nSPS) is 25.6. The van der Waals surface area contributed by atoms with Crippen molar-refractivity contribution in [3.63, 3.8) is 0 Å². The Bertz CT molecular complexity index is 271. The van der Waals surface area contributed by atoms with Crippen LogP contribution in [0.25, 0.3) is 0 Å². The lowest BCUT2D eigenvalue weighted by Gasteiger charge is -2.40. The van der Waals surface area contributed by atoms with E-state index in [4.69, 9.17) is 4.74 Å². The maximum Gasteiger partial charge on any atom is 0.305 e. The number of ether oxygens (including phenoxy) is 1.